The molecule has 1 aliphatic heterocycles. The number of carbonyl (C=O) groups is 2. The van der Waals surface area contributed by atoms with Gasteiger partial charge in [-0.25, -0.2) is 4.79 Å². The molecular formula is C27H32N4O3. The molecule has 1 aromatic heterocycles. The minimum Gasteiger partial charge on any atom is -0.383 e. The number of benzene rings is 2. The van der Waals surface area contributed by atoms with E-state index in [1.54, 1.807) is 7.11 Å². The molecule has 34 heavy (non-hydrogen) atoms. The summed E-state index contributed by atoms with van der Waals surface area (Å²) in [5.74, 6) is -0.0893. The first kappa shape index (κ1) is 23.6. The Hall–Kier alpha value is -3.58. The molecular weight excluding hydrogens is 428 g/mol. The molecule has 2 aromatic carbocycles. The maximum atomic E-state index is 13.6. The summed E-state index contributed by atoms with van der Waals surface area (Å²) in [4.78, 5) is 30.2. The molecule has 2 heterocycles. The minimum atomic E-state index is -0.309. The number of anilines is 1. The van der Waals surface area contributed by atoms with E-state index in [1.807, 2.05) is 73.3 Å². The third-order valence-electron chi connectivity index (χ3n) is 6.50. The van der Waals surface area contributed by atoms with Crippen LogP contribution in [0.3, 0.4) is 0 Å². The fourth-order valence-electron chi connectivity index (χ4n) is 4.43. The number of rotatable bonds is 7. The number of ether oxygens (including phenoxy) is 1. The van der Waals surface area contributed by atoms with Crippen molar-refractivity contribution in [3.63, 3.8) is 0 Å². The third kappa shape index (κ3) is 4.99. The van der Waals surface area contributed by atoms with Gasteiger partial charge in [0, 0.05) is 44.3 Å². The van der Waals surface area contributed by atoms with Gasteiger partial charge in [0.1, 0.15) is 6.54 Å². The van der Waals surface area contributed by atoms with Crippen molar-refractivity contribution in [1.82, 2.24) is 14.4 Å². The van der Waals surface area contributed by atoms with Crippen LogP contribution in [0.2, 0.25) is 0 Å². The fourth-order valence-corrected chi connectivity index (χ4v) is 4.43. The molecule has 1 aliphatic rings. The first-order valence-corrected chi connectivity index (χ1v) is 11.6. The van der Waals surface area contributed by atoms with Crippen LogP contribution in [0.1, 0.15) is 28.4 Å². The van der Waals surface area contributed by atoms with Gasteiger partial charge >= 0.3 is 6.03 Å². The lowest BCUT2D eigenvalue weighted by Gasteiger charge is -2.38. The smallest absolute Gasteiger partial charge is 0.322 e. The molecule has 4 rings (SSSR count). The van der Waals surface area contributed by atoms with Crippen molar-refractivity contribution in [3.05, 3.63) is 89.2 Å². The summed E-state index contributed by atoms with van der Waals surface area (Å²) in [6, 6.07) is 19.4. The Balaban J connectivity index is 1.56. The molecule has 1 unspecified atom stereocenters. The van der Waals surface area contributed by atoms with Crippen molar-refractivity contribution in [1.29, 1.82) is 0 Å². The van der Waals surface area contributed by atoms with Gasteiger partial charge in [-0.15, -0.1) is 0 Å². The Morgan fingerprint density at radius 1 is 1.03 bits per heavy atom. The number of hydrogen-bond donors (Lipinski definition) is 1. The predicted molar refractivity (Wildman–Crippen MR) is 133 cm³/mol. The first-order chi connectivity index (χ1) is 16.5. The number of aromatic nitrogens is 1. The van der Waals surface area contributed by atoms with E-state index < -0.39 is 0 Å². The highest BCUT2D eigenvalue weighted by Crippen LogP contribution is 2.32. The predicted octanol–water partition coefficient (Wildman–Crippen LogP) is 4.22. The van der Waals surface area contributed by atoms with E-state index in [-0.39, 0.29) is 24.5 Å². The van der Waals surface area contributed by atoms with Crippen molar-refractivity contribution in [3.8, 4) is 0 Å². The van der Waals surface area contributed by atoms with Crippen molar-refractivity contribution >= 4 is 17.6 Å². The molecule has 1 atom stereocenters. The number of fused-ring (bicyclic) bond motifs is 1. The summed E-state index contributed by atoms with van der Waals surface area (Å²) in [6.07, 6.45) is 2.05. The molecule has 0 aliphatic carbocycles. The summed E-state index contributed by atoms with van der Waals surface area (Å²) >= 11 is 0. The minimum absolute atomic E-state index is 0.0237. The summed E-state index contributed by atoms with van der Waals surface area (Å²) in [6.45, 7) is 5.93. The van der Waals surface area contributed by atoms with Gasteiger partial charge in [-0.2, -0.15) is 0 Å². The number of methoxy groups -OCH3 is 1. The summed E-state index contributed by atoms with van der Waals surface area (Å²) < 4.78 is 7.41. The number of carbonyl (C=O) groups excluding carboxylic acids is 2. The zero-order chi connectivity index (χ0) is 24.1. The zero-order valence-electron chi connectivity index (χ0n) is 20.0. The lowest BCUT2D eigenvalue weighted by molar-refractivity contribution is -0.134. The molecule has 3 aromatic rings. The van der Waals surface area contributed by atoms with Crippen molar-refractivity contribution < 1.29 is 14.3 Å². The Labute approximate surface area is 200 Å². The van der Waals surface area contributed by atoms with Gasteiger partial charge in [-0.3, -0.25) is 4.79 Å². The van der Waals surface area contributed by atoms with E-state index in [0.29, 0.717) is 19.7 Å². The van der Waals surface area contributed by atoms with Crippen LogP contribution in [0.4, 0.5) is 10.5 Å². The molecule has 0 bridgehead atoms. The quantitative estimate of drug-likeness (QED) is 0.574. The monoisotopic (exact) mass is 460 g/mol. The highest BCUT2D eigenvalue weighted by Gasteiger charge is 2.33. The molecule has 3 amide bonds. The van der Waals surface area contributed by atoms with Crippen LogP contribution in [-0.4, -0.2) is 59.7 Å². The topological polar surface area (TPSA) is 66.8 Å². The standard InChI is InChI=1S/C27H32N4O3/c1-20-9-7-12-23(21(20)2)28-27(33)30(17-18-34-3)19-25(32)31-16-15-29-14-8-13-24(29)26(31)22-10-5-4-6-11-22/h4-14,26H,15-19H2,1-3H3,(H,28,33). The van der Waals surface area contributed by atoms with E-state index in [4.69, 9.17) is 4.74 Å². The van der Waals surface area contributed by atoms with Crippen LogP contribution < -0.4 is 5.32 Å². The number of aryl methyl sites for hydroxylation is 1. The van der Waals surface area contributed by atoms with E-state index >= 15 is 0 Å². The summed E-state index contributed by atoms with van der Waals surface area (Å²) in [7, 11) is 1.59. The van der Waals surface area contributed by atoms with Gasteiger partial charge in [-0.05, 0) is 48.7 Å². The molecule has 178 valence electrons. The van der Waals surface area contributed by atoms with Crippen LogP contribution >= 0.6 is 0 Å². The summed E-state index contributed by atoms with van der Waals surface area (Å²) in [5.41, 5.74) is 4.99. The highest BCUT2D eigenvalue weighted by atomic mass is 16.5. The SMILES string of the molecule is COCCN(CC(=O)N1CCn2cccc2C1c1ccccc1)C(=O)Nc1cccc(C)c1C. The van der Waals surface area contributed by atoms with Gasteiger partial charge in [-0.1, -0.05) is 42.5 Å². The second-order valence-electron chi connectivity index (χ2n) is 8.62. The van der Waals surface area contributed by atoms with Crippen LogP contribution in [0.15, 0.2) is 66.9 Å². The average molecular weight is 461 g/mol. The van der Waals surface area contributed by atoms with Gasteiger partial charge in [0.25, 0.3) is 0 Å². The van der Waals surface area contributed by atoms with Gasteiger partial charge in [0.15, 0.2) is 0 Å². The van der Waals surface area contributed by atoms with E-state index in [9.17, 15) is 9.59 Å². The van der Waals surface area contributed by atoms with Gasteiger partial charge < -0.3 is 24.4 Å². The van der Waals surface area contributed by atoms with Crippen LogP contribution in [-0.2, 0) is 16.1 Å². The highest BCUT2D eigenvalue weighted by molar-refractivity contribution is 5.93. The first-order valence-electron chi connectivity index (χ1n) is 11.6. The van der Waals surface area contributed by atoms with Crippen molar-refractivity contribution in [2.45, 2.75) is 26.4 Å². The maximum absolute atomic E-state index is 13.6. The molecule has 0 radical (unpaired) electrons. The Morgan fingerprint density at radius 3 is 2.59 bits per heavy atom. The molecule has 0 spiro atoms. The maximum Gasteiger partial charge on any atom is 0.322 e. The van der Waals surface area contributed by atoms with Crippen LogP contribution in [0, 0.1) is 13.8 Å². The van der Waals surface area contributed by atoms with Gasteiger partial charge in [0.2, 0.25) is 5.91 Å². The van der Waals surface area contributed by atoms with Gasteiger partial charge in [0.05, 0.1) is 12.6 Å². The zero-order valence-corrected chi connectivity index (χ0v) is 20.0. The van der Waals surface area contributed by atoms with E-state index in [0.717, 1.165) is 34.6 Å². The second-order valence-corrected chi connectivity index (χ2v) is 8.62. The Kier molecular flexibility index (Phi) is 7.33. The summed E-state index contributed by atoms with van der Waals surface area (Å²) in [5, 5.41) is 2.98. The normalized spacial score (nSPS) is 15.0. The molecule has 0 saturated heterocycles. The molecule has 0 saturated carbocycles. The second kappa shape index (κ2) is 10.6. The molecule has 0 fully saturated rings. The van der Waals surface area contributed by atoms with Crippen LogP contribution in [0.5, 0.6) is 0 Å². The largest absolute Gasteiger partial charge is 0.383 e. The fraction of sp³-hybridized carbons (Fsp3) is 0.333. The number of nitrogens with one attached hydrogen (secondary N) is 1. The Bertz CT molecular complexity index is 1140. The third-order valence-corrected chi connectivity index (χ3v) is 6.50. The number of nitrogens with zero attached hydrogens (tertiary/aromatic N) is 3. The molecule has 7 nitrogen and oxygen atoms in total. The number of urea groups is 1. The Morgan fingerprint density at radius 2 is 1.82 bits per heavy atom. The lowest BCUT2D eigenvalue weighted by atomic mass is 10.00. The molecule has 1 N–H and O–H groups in total. The van der Waals surface area contributed by atoms with Crippen LogP contribution in [0.25, 0.3) is 0 Å². The molecule has 7 heteroatoms. The van der Waals surface area contributed by atoms with Crippen molar-refractivity contribution in [2.75, 3.05) is 38.7 Å². The lowest BCUT2D eigenvalue weighted by Crippen LogP contribution is -2.49. The van der Waals surface area contributed by atoms with E-state index in [1.165, 1.54) is 4.90 Å². The number of amides is 3. The average Bonchev–Trinajstić information content (AvgIpc) is 3.33. The number of hydrogen-bond acceptors (Lipinski definition) is 3. The van der Waals surface area contributed by atoms with E-state index in [2.05, 4.69) is 22.1 Å². The van der Waals surface area contributed by atoms with Crippen molar-refractivity contribution in [2.24, 2.45) is 0 Å².